The van der Waals surface area contributed by atoms with Crippen molar-refractivity contribution in [1.82, 2.24) is 4.98 Å². The van der Waals surface area contributed by atoms with Gasteiger partial charge in [0.15, 0.2) is 17.5 Å². The van der Waals surface area contributed by atoms with E-state index >= 15 is 0 Å². The molecule has 5 rings (SSSR count). The molecular weight excluding hydrogens is 536 g/mol. The van der Waals surface area contributed by atoms with E-state index in [4.69, 9.17) is 0 Å². The van der Waals surface area contributed by atoms with Crippen LogP contribution < -0.4 is 0 Å². The smallest absolute Gasteiger partial charge is 0.320 e. The predicted octanol–water partition coefficient (Wildman–Crippen LogP) is 2.12. The lowest BCUT2D eigenvalue weighted by atomic mass is 9.45. The highest BCUT2D eigenvalue weighted by Crippen LogP contribution is 2.68. The van der Waals surface area contributed by atoms with Crippen LogP contribution in [0.15, 0.2) is 29.8 Å². The van der Waals surface area contributed by atoms with Crippen molar-refractivity contribution in [3.05, 3.63) is 51.4 Å². The third-order valence-electron chi connectivity index (χ3n) is 10.8. The van der Waals surface area contributed by atoms with Crippen molar-refractivity contribution in [2.24, 2.45) is 28.6 Å². The number of aliphatic hydroxyl groups excluding tert-OH is 2. The number of carboxylic acids is 1. The van der Waals surface area contributed by atoms with E-state index in [1.54, 1.807) is 13.0 Å². The fraction of sp³-hybridized carbons (Fsp3) is 0.655. The minimum atomic E-state index is -2.08. The monoisotopic (exact) mass is 572 g/mol. The van der Waals surface area contributed by atoms with Crippen molar-refractivity contribution in [2.75, 3.05) is 0 Å². The van der Waals surface area contributed by atoms with Gasteiger partial charge in [-0.25, -0.2) is 0 Å². The average Bonchev–Trinajstić information content (AvgIpc) is 3.18. The number of carboxylic acid groups (broad SMARTS) is 1. The lowest BCUT2D eigenvalue weighted by Crippen LogP contribution is -2.64. The van der Waals surface area contributed by atoms with Gasteiger partial charge in [-0.05, 0) is 79.9 Å². The summed E-state index contributed by atoms with van der Waals surface area (Å²) in [7, 11) is 0. The molecule has 0 radical (unpaired) electrons. The molecule has 1 aromatic heterocycles. The zero-order valence-corrected chi connectivity index (χ0v) is 23.1. The Kier molecular flexibility index (Phi) is 7.32. The van der Waals surface area contributed by atoms with Gasteiger partial charge < -0.3 is 25.3 Å². The standard InChI is InChI=1S/C29H36N2O10/c1-27-10-8-17(32)12-15(27)6-7-18-19-9-11-29(38,28(19,2)13-21(33)23(18)27)25(35)24(34)22(26(36)37)20-5-3-4-16(30-20)14-41-31(39)40/h3-5,12,18-19,21-23,25,33,35,38H,6-11,13-14H2,1-2H3,(H,36,37)/t18-,19-,21-,22?,23+,25?,27-,28-,29-/m0/s1. The lowest BCUT2D eigenvalue weighted by molar-refractivity contribution is -0.763. The Hall–Kier alpha value is -3.22. The number of hydrogen-bond acceptors (Lipinski definition) is 10. The molecule has 222 valence electrons. The number of ketones is 2. The van der Waals surface area contributed by atoms with Gasteiger partial charge in [-0.2, -0.15) is 0 Å². The Balaban J connectivity index is 1.43. The summed E-state index contributed by atoms with van der Waals surface area (Å²) in [6.45, 7) is 3.31. The second-order valence-electron chi connectivity index (χ2n) is 12.7. The first-order chi connectivity index (χ1) is 19.2. The van der Waals surface area contributed by atoms with Crippen LogP contribution >= 0.6 is 0 Å². The largest absolute Gasteiger partial charge is 0.480 e. The molecular formula is C29H36N2O10. The minimum Gasteiger partial charge on any atom is -0.480 e. The molecule has 1 aromatic rings. The molecule has 41 heavy (non-hydrogen) atoms. The Bertz CT molecular complexity index is 1310. The van der Waals surface area contributed by atoms with Crippen LogP contribution in [0.4, 0.5) is 0 Å². The maximum absolute atomic E-state index is 13.6. The number of carbonyl (C=O) groups is 3. The van der Waals surface area contributed by atoms with Crippen molar-refractivity contribution >= 4 is 17.5 Å². The molecule has 2 unspecified atom stereocenters. The molecule has 4 aliphatic rings. The summed E-state index contributed by atoms with van der Waals surface area (Å²) in [5, 5.41) is 54.6. The van der Waals surface area contributed by atoms with Gasteiger partial charge in [0.2, 0.25) is 0 Å². The number of aliphatic carboxylic acids is 1. The Morgan fingerprint density at radius 3 is 2.63 bits per heavy atom. The predicted molar refractivity (Wildman–Crippen MR) is 140 cm³/mol. The number of aromatic nitrogens is 1. The highest BCUT2D eigenvalue weighted by Gasteiger charge is 2.69. The van der Waals surface area contributed by atoms with E-state index in [2.05, 4.69) is 16.7 Å². The maximum atomic E-state index is 13.6. The number of carbonyl (C=O) groups excluding carboxylic acids is 2. The summed E-state index contributed by atoms with van der Waals surface area (Å²) in [4.78, 5) is 56.9. The highest BCUT2D eigenvalue weighted by molar-refractivity contribution is 6.06. The van der Waals surface area contributed by atoms with Gasteiger partial charge in [0.1, 0.15) is 18.3 Å². The van der Waals surface area contributed by atoms with Gasteiger partial charge in [0.25, 0.3) is 5.09 Å². The van der Waals surface area contributed by atoms with Gasteiger partial charge in [-0.3, -0.25) is 19.4 Å². The molecule has 0 bridgehead atoms. The molecule has 12 heteroatoms. The molecule has 12 nitrogen and oxygen atoms in total. The van der Waals surface area contributed by atoms with Crippen molar-refractivity contribution < 1.29 is 44.7 Å². The number of rotatable bonds is 8. The third-order valence-corrected chi connectivity index (χ3v) is 10.8. The molecule has 0 aromatic carbocycles. The van der Waals surface area contributed by atoms with Crippen LogP contribution in [0.5, 0.6) is 0 Å². The van der Waals surface area contributed by atoms with Gasteiger partial charge in [-0.15, -0.1) is 10.1 Å². The Labute approximate surface area is 236 Å². The molecule has 0 saturated heterocycles. The van der Waals surface area contributed by atoms with E-state index in [0.29, 0.717) is 32.1 Å². The molecule has 9 atom stereocenters. The van der Waals surface area contributed by atoms with E-state index in [-0.39, 0.29) is 53.2 Å². The van der Waals surface area contributed by atoms with Crippen LogP contribution in [-0.4, -0.2) is 65.8 Å². The van der Waals surface area contributed by atoms with Crippen LogP contribution in [0.2, 0.25) is 0 Å². The van der Waals surface area contributed by atoms with Crippen molar-refractivity contribution in [3.8, 4) is 0 Å². The first-order valence-electron chi connectivity index (χ1n) is 14.0. The summed E-state index contributed by atoms with van der Waals surface area (Å²) < 4.78 is 0. The number of aliphatic hydroxyl groups is 3. The van der Waals surface area contributed by atoms with Crippen LogP contribution in [0.1, 0.15) is 76.1 Å². The van der Waals surface area contributed by atoms with Crippen LogP contribution in [-0.2, 0) is 25.8 Å². The molecule has 3 fully saturated rings. The van der Waals surface area contributed by atoms with E-state index in [1.807, 2.05) is 0 Å². The normalized spacial score (nSPS) is 37.6. The van der Waals surface area contributed by atoms with Crippen molar-refractivity contribution in [3.63, 3.8) is 0 Å². The van der Waals surface area contributed by atoms with Crippen molar-refractivity contribution in [2.45, 2.75) is 89.1 Å². The van der Waals surface area contributed by atoms with Gasteiger partial charge >= 0.3 is 5.97 Å². The van der Waals surface area contributed by atoms with E-state index in [1.165, 1.54) is 18.2 Å². The second kappa shape index (κ2) is 10.2. The second-order valence-corrected chi connectivity index (χ2v) is 12.7. The Morgan fingerprint density at radius 2 is 1.95 bits per heavy atom. The Morgan fingerprint density at radius 1 is 1.22 bits per heavy atom. The van der Waals surface area contributed by atoms with E-state index in [0.717, 1.165) is 5.57 Å². The fourth-order valence-electron chi connectivity index (χ4n) is 8.82. The topological polar surface area (TPSA) is 197 Å². The van der Waals surface area contributed by atoms with Gasteiger partial charge in [-0.1, -0.05) is 25.5 Å². The molecule has 1 heterocycles. The first-order valence-corrected chi connectivity index (χ1v) is 14.0. The zero-order chi connectivity index (χ0) is 29.9. The minimum absolute atomic E-state index is 0.00866. The van der Waals surface area contributed by atoms with Crippen LogP contribution in [0.25, 0.3) is 0 Å². The number of nitrogens with zero attached hydrogens (tertiary/aromatic N) is 2. The van der Waals surface area contributed by atoms with Crippen molar-refractivity contribution in [1.29, 1.82) is 0 Å². The molecule has 0 amide bonds. The van der Waals surface area contributed by atoms with Crippen LogP contribution in [0, 0.1) is 38.7 Å². The SMILES string of the molecule is C[C@]12CCC(=O)C=C1CC[C@@H]1[C@@H]2[C@@H](O)C[C@@]2(C)[C@H]1CC[C@]2(O)C(O)C(=O)C(C(=O)O)c1cccc(CO[N+](=O)[O-])n1. The van der Waals surface area contributed by atoms with Crippen LogP contribution in [0.3, 0.4) is 0 Å². The summed E-state index contributed by atoms with van der Waals surface area (Å²) >= 11 is 0. The number of allylic oxidation sites excluding steroid dienone is 1. The molecule has 4 aliphatic carbocycles. The van der Waals surface area contributed by atoms with E-state index < -0.39 is 52.6 Å². The number of hydrogen-bond donors (Lipinski definition) is 4. The molecule has 3 saturated carbocycles. The third kappa shape index (κ3) is 4.56. The number of pyridine rings is 1. The highest BCUT2D eigenvalue weighted by atomic mass is 16.9. The zero-order valence-electron chi connectivity index (χ0n) is 23.1. The fourth-order valence-corrected chi connectivity index (χ4v) is 8.82. The quantitative estimate of drug-likeness (QED) is 0.202. The summed E-state index contributed by atoms with van der Waals surface area (Å²) in [5.41, 5.74) is -2.60. The first kappa shape index (κ1) is 29.3. The van der Waals surface area contributed by atoms with E-state index in [9.17, 15) is 44.9 Å². The number of Topliss-reactive ketones (excluding diaryl/α,β-unsaturated/α-hetero) is 1. The lowest BCUT2D eigenvalue weighted by Gasteiger charge is -2.61. The summed E-state index contributed by atoms with van der Waals surface area (Å²) in [6.07, 6.45) is 1.91. The maximum Gasteiger partial charge on any atom is 0.320 e. The summed E-state index contributed by atoms with van der Waals surface area (Å²) in [5.74, 6) is -4.86. The average molecular weight is 573 g/mol. The molecule has 0 aliphatic heterocycles. The molecule has 0 spiro atoms. The van der Waals surface area contributed by atoms with Gasteiger partial charge in [0, 0.05) is 11.8 Å². The number of fused-ring (bicyclic) bond motifs is 5. The van der Waals surface area contributed by atoms with Gasteiger partial charge in [0.05, 0.1) is 17.5 Å². The molecule has 4 N–H and O–H groups in total. The summed E-state index contributed by atoms with van der Waals surface area (Å²) in [6, 6.07) is 4.01.